The van der Waals surface area contributed by atoms with Gasteiger partial charge in [-0.2, -0.15) is 0 Å². The number of hydrogen-bond donors (Lipinski definition) is 2. The smallest absolute Gasteiger partial charge is 0.246 e. The van der Waals surface area contributed by atoms with Gasteiger partial charge in [0.15, 0.2) is 0 Å². The Kier molecular flexibility index (Phi) is 4.36. The third-order valence-electron chi connectivity index (χ3n) is 2.28. The van der Waals surface area contributed by atoms with Crippen LogP contribution in [0.15, 0.2) is 24.4 Å². The van der Waals surface area contributed by atoms with Crippen LogP contribution >= 0.6 is 23.2 Å². The maximum atomic E-state index is 11.8. The first-order valence-electron chi connectivity index (χ1n) is 5.34. The van der Waals surface area contributed by atoms with E-state index in [0.717, 1.165) is 0 Å². The van der Waals surface area contributed by atoms with E-state index in [0.29, 0.717) is 16.4 Å². The fourth-order valence-corrected chi connectivity index (χ4v) is 1.77. The predicted molar refractivity (Wildman–Crippen MR) is 71.0 cm³/mol. The molecule has 19 heavy (non-hydrogen) atoms. The largest absolute Gasteiger partial charge is 0.390 e. The second kappa shape index (κ2) is 6.01. The van der Waals surface area contributed by atoms with Gasteiger partial charge in [-0.05, 0) is 12.1 Å². The van der Waals surface area contributed by atoms with Crippen molar-refractivity contribution >= 4 is 34.8 Å². The number of nitrogens with zero attached hydrogens (tertiary/aromatic N) is 3. The zero-order chi connectivity index (χ0) is 13.8. The first kappa shape index (κ1) is 13.8. The molecule has 0 radical (unpaired) electrons. The molecule has 0 fully saturated rings. The highest BCUT2D eigenvalue weighted by atomic mass is 35.5. The van der Waals surface area contributed by atoms with Gasteiger partial charge >= 0.3 is 0 Å². The molecule has 2 aromatic rings. The average Bonchev–Trinajstić information content (AvgIpc) is 2.82. The summed E-state index contributed by atoms with van der Waals surface area (Å²) in [6, 6.07) is 4.96. The van der Waals surface area contributed by atoms with Crippen LogP contribution in [-0.2, 0) is 17.9 Å². The van der Waals surface area contributed by atoms with Gasteiger partial charge in [0.25, 0.3) is 0 Å². The third-order valence-corrected chi connectivity index (χ3v) is 3.10. The first-order chi connectivity index (χ1) is 9.10. The van der Waals surface area contributed by atoms with Crippen molar-refractivity contribution in [3.63, 3.8) is 0 Å². The minimum Gasteiger partial charge on any atom is -0.390 e. The van der Waals surface area contributed by atoms with Gasteiger partial charge in [0.2, 0.25) is 5.91 Å². The molecule has 1 aromatic carbocycles. The molecular weight excluding hydrogens is 291 g/mol. The van der Waals surface area contributed by atoms with E-state index in [9.17, 15) is 4.79 Å². The number of hydrogen-bond acceptors (Lipinski definition) is 4. The number of nitrogens with one attached hydrogen (secondary N) is 1. The number of carbonyl (C=O) groups is 1. The Morgan fingerprint density at radius 3 is 2.89 bits per heavy atom. The molecule has 1 amide bonds. The summed E-state index contributed by atoms with van der Waals surface area (Å²) in [6.45, 7) is -0.252. The number of carbonyl (C=O) groups excluding carboxylic acids is 1. The van der Waals surface area contributed by atoms with Crippen LogP contribution in [0.4, 0.5) is 5.69 Å². The lowest BCUT2D eigenvalue weighted by Crippen LogP contribution is -2.19. The average molecular weight is 301 g/mol. The minimum atomic E-state index is -0.321. The summed E-state index contributed by atoms with van der Waals surface area (Å²) in [6.07, 6.45) is 1.49. The summed E-state index contributed by atoms with van der Waals surface area (Å²) in [5.74, 6) is -0.321. The lowest BCUT2D eigenvalue weighted by Gasteiger charge is -2.07. The van der Waals surface area contributed by atoms with Crippen LogP contribution in [0.3, 0.4) is 0 Å². The minimum absolute atomic E-state index is 0.0319. The number of amides is 1. The monoisotopic (exact) mass is 300 g/mol. The van der Waals surface area contributed by atoms with Crippen molar-refractivity contribution in [1.29, 1.82) is 0 Å². The SMILES string of the molecule is O=C(Cn1cc(CO)nn1)Nc1cccc(Cl)c1Cl. The second-order valence-electron chi connectivity index (χ2n) is 3.72. The molecule has 2 N–H and O–H groups in total. The Bertz CT molecular complexity index is 600. The predicted octanol–water partition coefficient (Wildman–Crippen LogP) is 1.72. The van der Waals surface area contributed by atoms with Crippen molar-refractivity contribution in [2.45, 2.75) is 13.2 Å². The van der Waals surface area contributed by atoms with Crippen molar-refractivity contribution in [1.82, 2.24) is 15.0 Å². The van der Waals surface area contributed by atoms with Crippen molar-refractivity contribution in [2.75, 3.05) is 5.32 Å². The van der Waals surface area contributed by atoms with Gasteiger partial charge in [0.05, 0.1) is 28.5 Å². The molecule has 8 heteroatoms. The van der Waals surface area contributed by atoms with Crippen LogP contribution in [0.25, 0.3) is 0 Å². The summed E-state index contributed by atoms with van der Waals surface area (Å²) in [4.78, 5) is 11.8. The zero-order valence-corrected chi connectivity index (χ0v) is 11.2. The van der Waals surface area contributed by atoms with Gasteiger partial charge < -0.3 is 10.4 Å². The fourth-order valence-electron chi connectivity index (χ4n) is 1.43. The molecule has 0 unspecified atom stereocenters. The van der Waals surface area contributed by atoms with Crippen LogP contribution < -0.4 is 5.32 Å². The molecule has 2 rings (SSSR count). The third kappa shape index (κ3) is 3.44. The number of aromatic nitrogens is 3. The highest BCUT2D eigenvalue weighted by molar-refractivity contribution is 6.43. The summed E-state index contributed by atoms with van der Waals surface area (Å²) in [7, 11) is 0. The number of rotatable bonds is 4. The van der Waals surface area contributed by atoms with Crippen LogP contribution in [0, 0.1) is 0 Å². The van der Waals surface area contributed by atoms with Crippen LogP contribution in [0.1, 0.15) is 5.69 Å². The molecule has 0 bridgehead atoms. The summed E-state index contributed by atoms with van der Waals surface area (Å²) < 4.78 is 1.32. The van der Waals surface area contributed by atoms with Gasteiger partial charge in [-0.3, -0.25) is 4.79 Å². The number of aliphatic hydroxyl groups excluding tert-OH is 1. The first-order valence-corrected chi connectivity index (χ1v) is 6.09. The zero-order valence-electron chi connectivity index (χ0n) is 9.68. The quantitative estimate of drug-likeness (QED) is 0.901. The van der Waals surface area contributed by atoms with E-state index in [4.69, 9.17) is 28.3 Å². The summed E-state index contributed by atoms with van der Waals surface area (Å²) in [5.41, 5.74) is 0.829. The van der Waals surface area contributed by atoms with Crippen molar-refractivity contribution in [3.05, 3.63) is 40.1 Å². The highest BCUT2D eigenvalue weighted by Crippen LogP contribution is 2.29. The Balaban J connectivity index is 2.03. The van der Waals surface area contributed by atoms with Gasteiger partial charge in [0, 0.05) is 0 Å². The van der Waals surface area contributed by atoms with E-state index < -0.39 is 0 Å². The number of anilines is 1. The van der Waals surface area contributed by atoms with E-state index in [-0.39, 0.29) is 24.1 Å². The van der Waals surface area contributed by atoms with Crippen LogP contribution in [-0.4, -0.2) is 26.0 Å². The summed E-state index contributed by atoms with van der Waals surface area (Å²) >= 11 is 11.8. The topological polar surface area (TPSA) is 80.0 Å². The Labute approximate surface area is 118 Å². The normalized spacial score (nSPS) is 10.5. The van der Waals surface area contributed by atoms with Crippen LogP contribution in [0.2, 0.25) is 10.0 Å². The maximum absolute atomic E-state index is 11.8. The van der Waals surface area contributed by atoms with Gasteiger partial charge in [0.1, 0.15) is 12.2 Å². The van der Waals surface area contributed by atoms with Gasteiger partial charge in [-0.25, -0.2) is 4.68 Å². The molecule has 0 saturated heterocycles. The molecular formula is C11H10Cl2N4O2. The lowest BCUT2D eigenvalue weighted by atomic mass is 10.3. The van der Waals surface area contributed by atoms with Gasteiger partial charge in [-0.15, -0.1) is 5.10 Å². The van der Waals surface area contributed by atoms with E-state index in [1.165, 1.54) is 10.9 Å². The fraction of sp³-hybridized carbons (Fsp3) is 0.182. The molecule has 1 heterocycles. The molecule has 0 aliphatic carbocycles. The second-order valence-corrected chi connectivity index (χ2v) is 4.50. The van der Waals surface area contributed by atoms with E-state index in [1.54, 1.807) is 18.2 Å². The Morgan fingerprint density at radius 2 is 2.21 bits per heavy atom. The van der Waals surface area contributed by atoms with Crippen LogP contribution in [0.5, 0.6) is 0 Å². The standard InChI is InChI=1S/C11H10Cl2N4O2/c12-8-2-1-3-9(11(8)13)14-10(19)5-17-4-7(6-18)15-16-17/h1-4,18H,5-6H2,(H,14,19). The molecule has 6 nitrogen and oxygen atoms in total. The van der Waals surface area contributed by atoms with Gasteiger partial charge in [-0.1, -0.05) is 34.5 Å². The molecule has 0 aliphatic heterocycles. The molecule has 0 spiro atoms. The molecule has 100 valence electrons. The molecule has 0 atom stereocenters. The number of benzene rings is 1. The molecule has 0 aliphatic rings. The number of halogens is 2. The maximum Gasteiger partial charge on any atom is 0.246 e. The molecule has 0 saturated carbocycles. The van der Waals surface area contributed by atoms with Crippen molar-refractivity contribution < 1.29 is 9.90 Å². The van der Waals surface area contributed by atoms with E-state index in [2.05, 4.69) is 15.6 Å². The Hall–Kier alpha value is -1.63. The van der Waals surface area contributed by atoms with Crippen molar-refractivity contribution in [2.24, 2.45) is 0 Å². The lowest BCUT2D eigenvalue weighted by molar-refractivity contribution is -0.116. The van der Waals surface area contributed by atoms with E-state index in [1.807, 2.05) is 0 Å². The highest BCUT2D eigenvalue weighted by Gasteiger charge is 2.09. The number of aliphatic hydroxyl groups is 1. The summed E-state index contributed by atoms with van der Waals surface area (Å²) in [5, 5.41) is 19.5. The van der Waals surface area contributed by atoms with Crippen molar-refractivity contribution in [3.8, 4) is 0 Å². The van der Waals surface area contributed by atoms with E-state index >= 15 is 0 Å². The Morgan fingerprint density at radius 1 is 1.42 bits per heavy atom. The molecule has 1 aromatic heterocycles.